The van der Waals surface area contributed by atoms with Crippen molar-refractivity contribution in [3.8, 4) is 11.5 Å². The molecule has 0 spiro atoms. The van der Waals surface area contributed by atoms with Crippen LogP contribution in [0.5, 0.6) is 11.5 Å². The minimum Gasteiger partial charge on any atom is -0.497 e. The Morgan fingerprint density at radius 2 is 2.03 bits per heavy atom. The molecule has 0 saturated heterocycles. The number of benzene rings is 1. The molecule has 0 aliphatic carbocycles. The third kappa shape index (κ3) is 5.09. The molecule has 1 aliphatic rings. The van der Waals surface area contributed by atoms with Gasteiger partial charge in [0.25, 0.3) is 0 Å². The van der Waals surface area contributed by atoms with Gasteiger partial charge in [-0.25, -0.2) is 0 Å². The summed E-state index contributed by atoms with van der Waals surface area (Å²) in [4.78, 5) is 27.9. The lowest BCUT2D eigenvalue weighted by Gasteiger charge is -2.25. The first-order valence-corrected chi connectivity index (χ1v) is 12.7. The highest BCUT2D eigenvalue weighted by atomic mass is 32.2. The van der Waals surface area contributed by atoms with Crippen molar-refractivity contribution < 1.29 is 23.5 Å². The fourth-order valence-electron chi connectivity index (χ4n) is 4.33. The summed E-state index contributed by atoms with van der Waals surface area (Å²) >= 11 is 1.50. The zero-order valence-electron chi connectivity index (χ0n) is 21.5. The SMILES string of the molecule is COc1ccc(OC)c([C@H]2SCC(=O)N(CC(=O)NCc3ccco3)c3c2c(C(C)(C)C)nn3C)c1. The maximum atomic E-state index is 13.4. The predicted octanol–water partition coefficient (Wildman–Crippen LogP) is 3.81. The van der Waals surface area contributed by atoms with Crippen molar-refractivity contribution in [2.75, 3.05) is 31.4 Å². The molecule has 0 saturated carbocycles. The second kappa shape index (κ2) is 10.3. The highest BCUT2D eigenvalue weighted by molar-refractivity contribution is 8.00. The Morgan fingerprint density at radius 1 is 1.25 bits per heavy atom. The number of anilines is 1. The summed E-state index contributed by atoms with van der Waals surface area (Å²) < 4.78 is 18.2. The van der Waals surface area contributed by atoms with Gasteiger partial charge < -0.3 is 19.2 Å². The number of furan rings is 1. The molecule has 10 heteroatoms. The number of nitrogens with one attached hydrogen (secondary N) is 1. The van der Waals surface area contributed by atoms with Crippen LogP contribution < -0.4 is 19.7 Å². The minimum absolute atomic E-state index is 0.127. The summed E-state index contributed by atoms with van der Waals surface area (Å²) in [7, 11) is 5.06. The van der Waals surface area contributed by atoms with Crippen molar-refractivity contribution in [3.63, 3.8) is 0 Å². The number of amides is 2. The predicted molar refractivity (Wildman–Crippen MR) is 139 cm³/mol. The third-order valence-corrected chi connectivity index (χ3v) is 7.25. The van der Waals surface area contributed by atoms with E-state index in [0.29, 0.717) is 23.1 Å². The van der Waals surface area contributed by atoms with Gasteiger partial charge in [0.05, 0.1) is 43.7 Å². The van der Waals surface area contributed by atoms with E-state index in [1.807, 2.05) is 25.2 Å². The number of methoxy groups -OCH3 is 2. The van der Waals surface area contributed by atoms with Crippen LogP contribution in [0.1, 0.15) is 48.6 Å². The van der Waals surface area contributed by atoms with Crippen LogP contribution in [0.3, 0.4) is 0 Å². The number of carbonyl (C=O) groups is 2. The molecule has 1 atom stereocenters. The van der Waals surface area contributed by atoms with Crippen LogP contribution in [0.4, 0.5) is 5.82 Å². The maximum absolute atomic E-state index is 13.4. The number of nitrogens with zero attached hydrogens (tertiary/aromatic N) is 3. The Bertz CT molecular complexity index is 1250. The molecule has 3 heterocycles. The Morgan fingerprint density at radius 3 is 2.67 bits per heavy atom. The Hall–Kier alpha value is -3.40. The highest BCUT2D eigenvalue weighted by Gasteiger charge is 2.39. The largest absolute Gasteiger partial charge is 0.497 e. The molecule has 1 N–H and O–H groups in total. The van der Waals surface area contributed by atoms with Gasteiger partial charge in [0.1, 0.15) is 29.6 Å². The van der Waals surface area contributed by atoms with E-state index >= 15 is 0 Å². The quantitative estimate of drug-likeness (QED) is 0.514. The summed E-state index contributed by atoms with van der Waals surface area (Å²) in [5, 5.41) is 7.43. The molecule has 1 aromatic carbocycles. The lowest BCUT2D eigenvalue weighted by molar-refractivity contribution is -0.123. The summed E-state index contributed by atoms with van der Waals surface area (Å²) in [6.45, 7) is 6.39. The number of fused-ring (bicyclic) bond motifs is 1. The lowest BCUT2D eigenvalue weighted by atomic mass is 9.87. The molecule has 1 aliphatic heterocycles. The monoisotopic (exact) mass is 512 g/mol. The molecule has 192 valence electrons. The van der Waals surface area contributed by atoms with Crippen molar-refractivity contribution in [2.24, 2.45) is 7.05 Å². The molecular formula is C26H32N4O5S. The molecule has 2 amide bonds. The first kappa shape index (κ1) is 25.7. The van der Waals surface area contributed by atoms with Crippen LogP contribution in [0, 0.1) is 0 Å². The van der Waals surface area contributed by atoms with E-state index in [0.717, 1.165) is 16.8 Å². The Kier molecular flexibility index (Phi) is 7.35. The average molecular weight is 513 g/mol. The zero-order valence-corrected chi connectivity index (χ0v) is 22.3. The third-order valence-electron chi connectivity index (χ3n) is 6.02. The first-order valence-electron chi connectivity index (χ1n) is 11.6. The van der Waals surface area contributed by atoms with Crippen molar-refractivity contribution in [2.45, 2.75) is 38.0 Å². The van der Waals surface area contributed by atoms with E-state index < -0.39 is 0 Å². The van der Waals surface area contributed by atoms with Crippen LogP contribution in [-0.2, 0) is 28.6 Å². The number of ether oxygens (including phenoxy) is 2. The van der Waals surface area contributed by atoms with E-state index in [1.54, 1.807) is 37.3 Å². The fourth-order valence-corrected chi connectivity index (χ4v) is 5.54. The van der Waals surface area contributed by atoms with E-state index in [9.17, 15) is 9.59 Å². The zero-order chi connectivity index (χ0) is 26.0. The van der Waals surface area contributed by atoms with Gasteiger partial charge >= 0.3 is 0 Å². The van der Waals surface area contributed by atoms with Gasteiger partial charge in [-0.1, -0.05) is 20.8 Å². The van der Waals surface area contributed by atoms with Crippen LogP contribution in [0.2, 0.25) is 0 Å². The second-order valence-corrected chi connectivity index (χ2v) is 10.7. The van der Waals surface area contributed by atoms with Gasteiger partial charge in [-0.15, -0.1) is 11.8 Å². The van der Waals surface area contributed by atoms with Gasteiger partial charge in [0.2, 0.25) is 11.8 Å². The summed E-state index contributed by atoms with van der Waals surface area (Å²) in [5.74, 6) is 2.38. The van der Waals surface area contributed by atoms with E-state index in [-0.39, 0.29) is 41.3 Å². The van der Waals surface area contributed by atoms with Crippen molar-refractivity contribution in [1.82, 2.24) is 15.1 Å². The minimum atomic E-state index is -0.309. The molecule has 36 heavy (non-hydrogen) atoms. The van der Waals surface area contributed by atoms with Crippen LogP contribution >= 0.6 is 11.8 Å². The Balaban J connectivity index is 1.79. The first-order chi connectivity index (χ1) is 17.1. The molecule has 0 unspecified atom stereocenters. The van der Waals surface area contributed by atoms with E-state index in [1.165, 1.54) is 16.7 Å². The molecule has 9 nitrogen and oxygen atoms in total. The molecule has 2 aromatic heterocycles. The molecule has 4 rings (SSSR count). The van der Waals surface area contributed by atoms with Crippen LogP contribution in [0.25, 0.3) is 0 Å². The maximum Gasteiger partial charge on any atom is 0.240 e. The second-order valence-electron chi connectivity index (χ2n) is 9.59. The number of carbonyl (C=O) groups excluding carboxylic acids is 2. The summed E-state index contributed by atoms with van der Waals surface area (Å²) in [6, 6.07) is 9.21. The molecule has 0 bridgehead atoms. The lowest BCUT2D eigenvalue weighted by Crippen LogP contribution is -2.42. The molecule has 0 fully saturated rings. The number of thioether (sulfide) groups is 1. The van der Waals surface area contributed by atoms with E-state index in [4.69, 9.17) is 19.0 Å². The van der Waals surface area contributed by atoms with Gasteiger partial charge in [-0.2, -0.15) is 5.10 Å². The van der Waals surface area contributed by atoms with Crippen molar-refractivity contribution >= 4 is 29.4 Å². The Labute approximate surface area is 215 Å². The summed E-state index contributed by atoms with van der Waals surface area (Å²) in [6.07, 6.45) is 1.56. The van der Waals surface area contributed by atoms with Gasteiger partial charge in [0.15, 0.2) is 0 Å². The molecule has 3 aromatic rings. The molecule has 0 radical (unpaired) electrons. The fraction of sp³-hybridized carbons (Fsp3) is 0.423. The van der Waals surface area contributed by atoms with Gasteiger partial charge in [0, 0.05) is 23.6 Å². The standard InChI is InChI=1S/C26H32N4O5S/c1-26(2,3)24-22-23(18-12-16(33-5)9-10-19(18)34-6)36-15-21(32)30(25(22)29(4)28-24)14-20(31)27-13-17-8-7-11-35-17/h7-12,23H,13-15H2,1-6H3,(H,27,31)/t23-/m1/s1. The van der Waals surface area contributed by atoms with Gasteiger partial charge in [-0.05, 0) is 30.3 Å². The number of aromatic nitrogens is 2. The normalized spacial score (nSPS) is 15.9. The van der Waals surface area contributed by atoms with Crippen molar-refractivity contribution in [3.05, 3.63) is 59.2 Å². The molecular weight excluding hydrogens is 480 g/mol. The number of rotatable bonds is 7. The number of hydrogen-bond donors (Lipinski definition) is 1. The van der Waals surface area contributed by atoms with Crippen molar-refractivity contribution in [1.29, 1.82) is 0 Å². The van der Waals surface area contributed by atoms with Gasteiger partial charge in [-0.3, -0.25) is 19.2 Å². The topological polar surface area (TPSA) is 98.8 Å². The van der Waals surface area contributed by atoms with E-state index in [2.05, 4.69) is 26.1 Å². The van der Waals surface area contributed by atoms with Crippen LogP contribution in [-0.4, -0.2) is 48.1 Å². The number of hydrogen-bond acceptors (Lipinski definition) is 7. The summed E-state index contributed by atoms with van der Waals surface area (Å²) in [5.41, 5.74) is 2.33. The van der Waals surface area contributed by atoms with Crippen LogP contribution in [0.15, 0.2) is 41.0 Å². The number of aryl methyl sites for hydroxylation is 1. The highest BCUT2D eigenvalue weighted by Crippen LogP contribution is 2.50. The smallest absolute Gasteiger partial charge is 0.240 e. The average Bonchev–Trinajstić information content (AvgIpc) is 3.46.